The van der Waals surface area contributed by atoms with Crippen LogP contribution >= 0.6 is 15.9 Å². The molecule has 0 aliphatic rings. The zero-order chi connectivity index (χ0) is 9.40. The number of rotatable bonds is 7. The van der Waals surface area contributed by atoms with Crippen molar-refractivity contribution in [2.45, 2.75) is 45.4 Å². The molecular weight excluding hydrogens is 212 g/mol. The van der Waals surface area contributed by atoms with Gasteiger partial charge in [0.25, 0.3) is 0 Å². The Morgan fingerprint density at radius 3 is 2.17 bits per heavy atom. The highest BCUT2D eigenvalue weighted by Gasteiger charge is 1.95. The van der Waals surface area contributed by atoms with Crippen LogP contribution in [0.2, 0.25) is 0 Å². The molecule has 0 aromatic rings. The van der Waals surface area contributed by atoms with E-state index < -0.39 is 0 Å². The van der Waals surface area contributed by atoms with E-state index in [2.05, 4.69) is 36.0 Å². The van der Waals surface area contributed by atoms with E-state index in [1.807, 2.05) is 0 Å². The largest absolute Gasteiger partial charge is 0.0947 e. The minimum atomic E-state index is 0.956. The third-order valence-electron chi connectivity index (χ3n) is 1.97. The summed E-state index contributed by atoms with van der Waals surface area (Å²) >= 11 is 3.33. The molecule has 0 aliphatic carbocycles. The number of allylic oxidation sites excluding steroid dienone is 2. The highest BCUT2D eigenvalue weighted by atomic mass is 79.9. The van der Waals surface area contributed by atoms with Crippen molar-refractivity contribution in [2.75, 3.05) is 0 Å². The van der Waals surface area contributed by atoms with Crippen LogP contribution < -0.4 is 0 Å². The van der Waals surface area contributed by atoms with Crippen LogP contribution in [-0.4, -0.2) is 0 Å². The minimum absolute atomic E-state index is 0.956. The van der Waals surface area contributed by atoms with E-state index in [1.165, 1.54) is 32.1 Å². The summed E-state index contributed by atoms with van der Waals surface area (Å²) in [6.45, 7) is 9.95. The molecule has 0 bridgehead atoms. The van der Waals surface area contributed by atoms with E-state index in [0.29, 0.717) is 0 Å². The maximum absolute atomic E-state index is 3.93. The lowest BCUT2D eigenvalue weighted by atomic mass is 10.1. The summed E-state index contributed by atoms with van der Waals surface area (Å²) in [5.41, 5.74) is 1.14. The summed E-state index contributed by atoms with van der Waals surface area (Å²) < 4.78 is 0.956. The molecule has 0 aliphatic heterocycles. The molecule has 0 saturated carbocycles. The van der Waals surface area contributed by atoms with Crippen molar-refractivity contribution in [2.24, 2.45) is 0 Å². The van der Waals surface area contributed by atoms with Crippen LogP contribution in [0.25, 0.3) is 0 Å². The molecule has 0 atom stereocenters. The van der Waals surface area contributed by atoms with Crippen molar-refractivity contribution in [3.8, 4) is 0 Å². The van der Waals surface area contributed by atoms with E-state index >= 15 is 0 Å². The van der Waals surface area contributed by atoms with Gasteiger partial charge in [-0.2, -0.15) is 0 Å². The van der Waals surface area contributed by atoms with Crippen LogP contribution in [0.4, 0.5) is 0 Å². The van der Waals surface area contributed by atoms with Gasteiger partial charge in [-0.25, -0.2) is 0 Å². The Kier molecular flexibility index (Phi) is 7.58. The van der Waals surface area contributed by atoms with Crippen molar-refractivity contribution in [3.05, 3.63) is 23.2 Å². The van der Waals surface area contributed by atoms with Gasteiger partial charge in [-0.05, 0) is 18.4 Å². The average Bonchev–Trinajstić information content (AvgIpc) is 2.03. The van der Waals surface area contributed by atoms with Gasteiger partial charge >= 0.3 is 0 Å². The number of unbranched alkanes of at least 4 members (excludes halogenated alkanes) is 4. The van der Waals surface area contributed by atoms with Gasteiger partial charge in [-0.15, -0.1) is 0 Å². The number of hydrogen-bond donors (Lipinski definition) is 0. The van der Waals surface area contributed by atoms with Crippen LogP contribution in [0.3, 0.4) is 0 Å². The molecule has 12 heavy (non-hydrogen) atoms. The molecule has 0 N–H and O–H groups in total. The summed E-state index contributed by atoms with van der Waals surface area (Å²) in [4.78, 5) is 0. The van der Waals surface area contributed by atoms with Gasteiger partial charge in [-0.3, -0.25) is 0 Å². The van der Waals surface area contributed by atoms with Gasteiger partial charge in [0.05, 0.1) is 0 Å². The standard InChI is InChI=1S/C11H19Br/c1-4-5-6-7-8-9-10(2)11(3)12/h2-9H2,1H3. The average molecular weight is 231 g/mol. The first-order valence-electron chi connectivity index (χ1n) is 4.71. The second-order valence-electron chi connectivity index (χ2n) is 3.17. The van der Waals surface area contributed by atoms with Gasteiger partial charge < -0.3 is 0 Å². The first kappa shape index (κ1) is 12.0. The van der Waals surface area contributed by atoms with E-state index in [0.717, 1.165) is 16.5 Å². The molecule has 0 nitrogen and oxygen atoms in total. The predicted molar refractivity (Wildman–Crippen MR) is 60.6 cm³/mol. The molecule has 0 heterocycles. The summed E-state index contributed by atoms with van der Waals surface area (Å²) in [6, 6.07) is 0. The maximum Gasteiger partial charge on any atom is 0.0129 e. The third-order valence-corrected chi connectivity index (χ3v) is 2.53. The number of hydrogen-bond acceptors (Lipinski definition) is 0. The molecule has 0 amide bonds. The van der Waals surface area contributed by atoms with Crippen LogP contribution in [0.1, 0.15) is 45.4 Å². The molecule has 70 valence electrons. The topological polar surface area (TPSA) is 0 Å². The molecule has 0 unspecified atom stereocenters. The SMILES string of the molecule is C=C(Br)C(=C)CCCCCCC. The lowest BCUT2D eigenvalue weighted by molar-refractivity contribution is 0.633. The zero-order valence-electron chi connectivity index (χ0n) is 8.03. The Balaban J connectivity index is 3.20. The van der Waals surface area contributed by atoms with Crippen LogP contribution in [-0.2, 0) is 0 Å². The van der Waals surface area contributed by atoms with Gasteiger partial charge in [0, 0.05) is 4.48 Å². The van der Waals surface area contributed by atoms with E-state index in [9.17, 15) is 0 Å². The van der Waals surface area contributed by atoms with Crippen molar-refractivity contribution >= 4 is 15.9 Å². The minimum Gasteiger partial charge on any atom is -0.0947 e. The van der Waals surface area contributed by atoms with Gasteiger partial charge in [-0.1, -0.05) is 61.7 Å². The van der Waals surface area contributed by atoms with E-state index in [1.54, 1.807) is 0 Å². The molecule has 0 aromatic carbocycles. The summed E-state index contributed by atoms with van der Waals surface area (Å²) in [5.74, 6) is 0. The normalized spacial score (nSPS) is 9.83. The Hall–Kier alpha value is -0.0400. The monoisotopic (exact) mass is 230 g/mol. The first-order valence-corrected chi connectivity index (χ1v) is 5.50. The fourth-order valence-corrected chi connectivity index (χ4v) is 1.28. The fourth-order valence-electron chi connectivity index (χ4n) is 1.08. The smallest absolute Gasteiger partial charge is 0.0129 e. The molecule has 0 aromatic heterocycles. The molecule has 0 fully saturated rings. The van der Waals surface area contributed by atoms with E-state index in [-0.39, 0.29) is 0 Å². The molecule has 1 heteroatoms. The number of halogens is 1. The highest BCUT2D eigenvalue weighted by Crippen LogP contribution is 2.19. The first-order chi connectivity index (χ1) is 5.68. The maximum atomic E-state index is 3.93. The lowest BCUT2D eigenvalue weighted by Crippen LogP contribution is -1.82. The molecule has 0 spiro atoms. The Morgan fingerprint density at radius 2 is 1.67 bits per heavy atom. The molecule has 0 radical (unpaired) electrons. The summed E-state index contributed by atoms with van der Waals surface area (Å²) in [7, 11) is 0. The quantitative estimate of drug-likeness (QED) is 0.435. The van der Waals surface area contributed by atoms with Crippen LogP contribution in [0, 0.1) is 0 Å². The van der Waals surface area contributed by atoms with Crippen molar-refractivity contribution in [1.82, 2.24) is 0 Å². The van der Waals surface area contributed by atoms with Crippen molar-refractivity contribution in [1.29, 1.82) is 0 Å². The molecule has 0 rings (SSSR count). The van der Waals surface area contributed by atoms with Crippen LogP contribution in [0.5, 0.6) is 0 Å². The van der Waals surface area contributed by atoms with Crippen molar-refractivity contribution in [3.63, 3.8) is 0 Å². The van der Waals surface area contributed by atoms with Crippen molar-refractivity contribution < 1.29 is 0 Å². The van der Waals surface area contributed by atoms with Gasteiger partial charge in [0.2, 0.25) is 0 Å². The molecular formula is C11H19Br. The third kappa shape index (κ3) is 6.66. The Bertz CT molecular complexity index is 147. The summed E-state index contributed by atoms with van der Waals surface area (Å²) in [6.07, 6.45) is 7.71. The highest BCUT2D eigenvalue weighted by molar-refractivity contribution is 9.11. The lowest BCUT2D eigenvalue weighted by Gasteiger charge is -2.02. The fraction of sp³-hybridized carbons (Fsp3) is 0.636. The Morgan fingerprint density at radius 1 is 1.08 bits per heavy atom. The second kappa shape index (κ2) is 7.60. The summed E-state index contributed by atoms with van der Waals surface area (Å²) in [5, 5.41) is 0. The second-order valence-corrected chi connectivity index (χ2v) is 4.13. The van der Waals surface area contributed by atoms with Gasteiger partial charge in [0.1, 0.15) is 0 Å². The zero-order valence-corrected chi connectivity index (χ0v) is 9.62. The van der Waals surface area contributed by atoms with Crippen LogP contribution in [0.15, 0.2) is 23.2 Å². The molecule has 0 saturated heterocycles. The van der Waals surface area contributed by atoms with E-state index in [4.69, 9.17) is 0 Å². The van der Waals surface area contributed by atoms with Gasteiger partial charge in [0.15, 0.2) is 0 Å². The Labute approximate surface area is 84.9 Å². The predicted octanol–water partition coefficient (Wildman–Crippen LogP) is 4.81.